The van der Waals surface area contributed by atoms with Gasteiger partial charge in [0.25, 0.3) is 0 Å². The number of Topliss-reactive ketones (excluding diaryl/α,β-unsaturated/α-hetero) is 1. The number of carboxylic acid groups (broad SMARTS) is 1. The normalized spacial score (nSPS) is 35.0. The number of amides is 2. The highest BCUT2D eigenvalue weighted by atomic mass is 16.4. The van der Waals surface area contributed by atoms with E-state index in [0.29, 0.717) is 12.8 Å². The molecule has 1 aliphatic heterocycles. The minimum absolute atomic E-state index is 0.0115. The summed E-state index contributed by atoms with van der Waals surface area (Å²) in [5, 5.41) is 12.0. The molecular formula is C28H39NO5. The summed E-state index contributed by atoms with van der Waals surface area (Å²) in [6.45, 7) is 10.1. The Morgan fingerprint density at radius 1 is 1.18 bits per heavy atom. The van der Waals surface area contributed by atoms with Crippen molar-refractivity contribution >= 4 is 23.6 Å². The van der Waals surface area contributed by atoms with Crippen molar-refractivity contribution in [2.45, 2.75) is 65.7 Å². The highest BCUT2D eigenvalue weighted by molar-refractivity contribution is 6.16. The van der Waals surface area contributed by atoms with Gasteiger partial charge in [0, 0.05) is 5.92 Å². The van der Waals surface area contributed by atoms with E-state index in [1.807, 2.05) is 26.0 Å². The number of ketones is 1. The number of rotatable bonds is 10. The number of carbonyl (C=O) groups is 4. The maximum absolute atomic E-state index is 14.2. The van der Waals surface area contributed by atoms with Crippen molar-refractivity contribution in [2.75, 3.05) is 0 Å². The Labute approximate surface area is 202 Å². The third kappa shape index (κ3) is 5.11. The summed E-state index contributed by atoms with van der Waals surface area (Å²) in [5.74, 6) is -4.90. The molecule has 1 saturated carbocycles. The smallest absolute Gasteiger partial charge is 0.306 e. The first-order chi connectivity index (χ1) is 16.2. The molecule has 0 aromatic carbocycles. The molecule has 0 radical (unpaired) electrons. The molecule has 0 aromatic rings. The molecule has 0 bridgehead atoms. The molecule has 186 valence electrons. The van der Waals surface area contributed by atoms with Crippen LogP contribution in [0.5, 0.6) is 0 Å². The van der Waals surface area contributed by atoms with Gasteiger partial charge in [0.05, 0.1) is 11.8 Å². The Balaban J connectivity index is 1.96. The van der Waals surface area contributed by atoms with Crippen LogP contribution >= 0.6 is 0 Å². The maximum atomic E-state index is 14.2. The molecule has 0 spiro atoms. The first kappa shape index (κ1) is 26.1. The summed E-state index contributed by atoms with van der Waals surface area (Å²) in [7, 11) is 0. The number of hydrogen-bond acceptors (Lipinski definition) is 4. The summed E-state index contributed by atoms with van der Waals surface area (Å²) in [6.07, 6.45) is 13.2. The molecule has 0 unspecified atom stereocenters. The molecule has 3 rings (SSSR count). The Morgan fingerprint density at radius 3 is 2.53 bits per heavy atom. The van der Waals surface area contributed by atoms with Gasteiger partial charge in [0.1, 0.15) is 5.92 Å². The van der Waals surface area contributed by atoms with E-state index in [0.717, 1.165) is 37.7 Å². The molecule has 2 N–H and O–H groups in total. The summed E-state index contributed by atoms with van der Waals surface area (Å²) < 4.78 is 0. The molecule has 0 aromatic heterocycles. The molecule has 2 amide bonds. The van der Waals surface area contributed by atoms with Crippen LogP contribution in [0.2, 0.25) is 0 Å². The van der Waals surface area contributed by atoms with Crippen LogP contribution in [0.15, 0.2) is 36.5 Å². The zero-order valence-corrected chi connectivity index (χ0v) is 20.7. The lowest BCUT2D eigenvalue weighted by atomic mass is 9.57. The predicted octanol–water partition coefficient (Wildman–Crippen LogP) is 4.71. The van der Waals surface area contributed by atoms with Crippen LogP contribution in [-0.2, 0) is 19.2 Å². The number of nitrogens with one attached hydrogen (secondary N) is 1. The van der Waals surface area contributed by atoms with Crippen LogP contribution in [0.25, 0.3) is 0 Å². The molecule has 2 fully saturated rings. The third-order valence-electron chi connectivity index (χ3n) is 8.14. The van der Waals surface area contributed by atoms with Crippen molar-refractivity contribution in [2.24, 2.45) is 47.3 Å². The van der Waals surface area contributed by atoms with E-state index in [1.165, 1.54) is 0 Å². The first-order valence-corrected chi connectivity index (χ1v) is 12.9. The van der Waals surface area contributed by atoms with Crippen LogP contribution < -0.4 is 5.32 Å². The lowest BCUT2D eigenvalue weighted by Gasteiger charge is -2.45. The molecule has 3 aliphatic rings. The van der Waals surface area contributed by atoms with Gasteiger partial charge in [0.15, 0.2) is 5.78 Å². The van der Waals surface area contributed by atoms with Crippen molar-refractivity contribution in [1.29, 1.82) is 0 Å². The van der Waals surface area contributed by atoms with Gasteiger partial charge in [0.2, 0.25) is 11.8 Å². The number of allylic oxidation sites excluding steroid dienone is 5. The zero-order chi connectivity index (χ0) is 25.0. The fourth-order valence-corrected chi connectivity index (χ4v) is 6.55. The largest absolute Gasteiger partial charge is 0.481 e. The number of unbranched alkanes of at least 4 members (excludes halogenated alkanes) is 2. The van der Waals surface area contributed by atoms with Crippen LogP contribution in [0.4, 0.5) is 0 Å². The fraction of sp³-hybridized carbons (Fsp3) is 0.643. The molecule has 6 nitrogen and oxygen atoms in total. The van der Waals surface area contributed by atoms with E-state index < -0.39 is 35.5 Å². The van der Waals surface area contributed by atoms with Gasteiger partial charge in [-0.1, -0.05) is 64.3 Å². The SMILES string of the molecule is C=C[C@H](CCCCC)[C@@H]1C(=O)NC(=O)[C@H]1C(=O)[C@@H]1/C(=C/CC)C=C[C@@H]2C[C@H](C(=O)O)C[C@H](C)[C@H]21. The Hall–Kier alpha value is -2.50. The van der Waals surface area contributed by atoms with E-state index in [1.54, 1.807) is 6.08 Å². The number of fused-ring (bicyclic) bond motifs is 1. The highest BCUT2D eigenvalue weighted by Gasteiger charge is 2.54. The number of carboxylic acids is 1. The van der Waals surface area contributed by atoms with Gasteiger partial charge in [-0.15, -0.1) is 6.58 Å². The quantitative estimate of drug-likeness (QED) is 0.209. The molecule has 1 saturated heterocycles. The van der Waals surface area contributed by atoms with Crippen molar-refractivity contribution in [3.63, 3.8) is 0 Å². The monoisotopic (exact) mass is 469 g/mol. The molecule has 8 atom stereocenters. The number of carbonyl (C=O) groups excluding carboxylic acids is 3. The standard InChI is InChI=1S/C28H39NO5/c1-5-8-9-11-17(7-3)23-24(27(32)29-26(23)31)25(30)22-18(10-6-2)12-13-19-15-20(28(33)34)14-16(4)21(19)22/h7,10,12-13,16-17,19-24H,3,5-6,8-9,11,14-15H2,1-2,4H3,(H,33,34)(H,29,31,32)/b18-10+/t16-,17+,19+,20+,21+,22+,23-,24+/m0/s1. The van der Waals surface area contributed by atoms with Gasteiger partial charge in [-0.2, -0.15) is 0 Å². The van der Waals surface area contributed by atoms with Crippen molar-refractivity contribution in [1.82, 2.24) is 5.32 Å². The fourth-order valence-electron chi connectivity index (χ4n) is 6.55. The Morgan fingerprint density at radius 2 is 1.91 bits per heavy atom. The van der Waals surface area contributed by atoms with Crippen LogP contribution in [0.1, 0.15) is 65.7 Å². The topological polar surface area (TPSA) is 101 Å². The third-order valence-corrected chi connectivity index (χ3v) is 8.14. The minimum Gasteiger partial charge on any atom is -0.481 e. The number of imide groups is 1. The van der Waals surface area contributed by atoms with Crippen LogP contribution in [0.3, 0.4) is 0 Å². The van der Waals surface area contributed by atoms with Gasteiger partial charge < -0.3 is 5.11 Å². The number of aliphatic carboxylic acids is 1. The van der Waals surface area contributed by atoms with E-state index in [2.05, 4.69) is 24.9 Å². The second-order valence-corrected chi connectivity index (χ2v) is 10.3. The van der Waals surface area contributed by atoms with E-state index in [9.17, 15) is 24.3 Å². The van der Waals surface area contributed by atoms with Gasteiger partial charge in [-0.05, 0) is 54.9 Å². The summed E-state index contributed by atoms with van der Waals surface area (Å²) >= 11 is 0. The molecule has 2 aliphatic carbocycles. The Kier molecular flexibility index (Phi) is 8.67. The van der Waals surface area contributed by atoms with Crippen molar-refractivity contribution in [3.8, 4) is 0 Å². The first-order valence-electron chi connectivity index (χ1n) is 12.9. The minimum atomic E-state index is -1.03. The van der Waals surface area contributed by atoms with Gasteiger partial charge in [-0.3, -0.25) is 24.5 Å². The highest BCUT2D eigenvalue weighted by Crippen LogP contribution is 2.50. The van der Waals surface area contributed by atoms with E-state index >= 15 is 0 Å². The summed E-state index contributed by atoms with van der Waals surface area (Å²) in [4.78, 5) is 51.7. The molecule has 34 heavy (non-hydrogen) atoms. The lowest BCUT2D eigenvalue weighted by molar-refractivity contribution is -0.145. The number of hydrogen-bond donors (Lipinski definition) is 2. The van der Waals surface area contributed by atoms with E-state index in [4.69, 9.17) is 0 Å². The average Bonchev–Trinajstić information content (AvgIpc) is 3.09. The second kappa shape index (κ2) is 11.3. The van der Waals surface area contributed by atoms with Crippen molar-refractivity contribution in [3.05, 3.63) is 36.5 Å². The molecule has 1 heterocycles. The van der Waals surface area contributed by atoms with Crippen LogP contribution in [-0.4, -0.2) is 28.7 Å². The summed E-state index contributed by atoms with van der Waals surface area (Å²) in [5.41, 5.74) is 0.890. The molecule has 6 heteroatoms. The lowest BCUT2D eigenvalue weighted by Crippen LogP contribution is -2.46. The van der Waals surface area contributed by atoms with Crippen LogP contribution in [0, 0.1) is 47.3 Å². The summed E-state index contributed by atoms with van der Waals surface area (Å²) in [6, 6.07) is 0. The van der Waals surface area contributed by atoms with Gasteiger partial charge >= 0.3 is 5.97 Å². The molecular weight excluding hydrogens is 430 g/mol. The predicted molar refractivity (Wildman–Crippen MR) is 130 cm³/mol. The van der Waals surface area contributed by atoms with Gasteiger partial charge in [-0.25, -0.2) is 0 Å². The average molecular weight is 470 g/mol. The zero-order valence-electron chi connectivity index (χ0n) is 20.7. The van der Waals surface area contributed by atoms with E-state index in [-0.39, 0.29) is 35.4 Å². The van der Waals surface area contributed by atoms with Crippen molar-refractivity contribution < 1.29 is 24.3 Å². The Bertz CT molecular complexity index is 887. The second-order valence-electron chi connectivity index (χ2n) is 10.3. The maximum Gasteiger partial charge on any atom is 0.306 e.